The van der Waals surface area contributed by atoms with Crippen molar-refractivity contribution in [2.24, 2.45) is 5.73 Å². The summed E-state index contributed by atoms with van der Waals surface area (Å²) in [5, 5.41) is 2.80. The number of nitrogens with zero attached hydrogens (tertiary/aromatic N) is 2. The lowest BCUT2D eigenvalue weighted by Gasteiger charge is -2.09. The minimum absolute atomic E-state index is 0. The second-order valence-corrected chi connectivity index (χ2v) is 4.56. The zero-order valence-electron chi connectivity index (χ0n) is 11.7. The van der Waals surface area contributed by atoms with Gasteiger partial charge in [-0.1, -0.05) is 24.3 Å². The van der Waals surface area contributed by atoms with Crippen LogP contribution in [-0.4, -0.2) is 21.5 Å². The lowest BCUT2D eigenvalue weighted by Crippen LogP contribution is -2.37. The first-order valence-corrected chi connectivity index (χ1v) is 6.22. The second kappa shape index (κ2) is 9.39. The summed E-state index contributed by atoms with van der Waals surface area (Å²) < 4.78 is 2.00. The maximum Gasteiger partial charge on any atom is 0.236 e. The zero-order valence-corrected chi connectivity index (χ0v) is 13.4. The molecule has 0 bridgehead atoms. The van der Waals surface area contributed by atoms with Crippen molar-refractivity contribution in [3.8, 4) is 0 Å². The van der Waals surface area contributed by atoms with E-state index >= 15 is 0 Å². The number of imidazole rings is 1. The smallest absolute Gasteiger partial charge is 0.236 e. The standard InChI is InChI=1S/C14H18N4O.2ClH/c1-11(15)14(19)17-8-12-3-2-4-13(7-12)9-18-6-5-16-10-18;;/h2-7,10-11H,8-9,15H2,1H3,(H,17,19);2*1H/t11-;;/m1../s1. The molecule has 0 aliphatic carbocycles. The monoisotopic (exact) mass is 330 g/mol. The molecule has 1 aromatic heterocycles. The number of amides is 1. The Bertz CT molecular complexity index is 544. The Morgan fingerprint density at radius 1 is 1.38 bits per heavy atom. The van der Waals surface area contributed by atoms with E-state index in [2.05, 4.69) is 22.4 Å². The first-order chi connectivity index (χ1) is 9.15. The molecule has 21 heavy (non-hydrogen) atoms. The van der Waals surface area contributed by atoms with Crippen molar-refractivity contribution in [1.82, 2.24) is 14.9 Å². The van der Waals surface area contributed by atoms with E-state index in [0.717, 1.165) is 12.1 Å². The molecule has 116 valence electrons. The number of hydrogen-bond donors (Lipinski definition) is 2. The summed E-state index contributed by atoms with van der Waals surface area (Å²) >= 11 is 0. The molecule has 0 saturated heterocycles. The van der Waals surface area contributed by atoms with Crippen LogP contribution in [0.5, 0.6) is 0 Å². The Morgan fingerprint density at radius 3 is 2.71 bits per heavy atom. The number of halogens is 2. The van der Waals surface area contributed by atoms with E-state index in [-0.39, 0.29) is 30.7 Å². The van der Waals surface area contributed by atoms with Crippen molar-refractivity contribution in [2.45, 2.75) is 26.1 Å². The van der Waals surface area contributed by atoms with E-state index in [1.54, 1.807) is 19.4 Å². The van der Waals surface area contributed by atoms with Crippen molar-refractivity contribution in [2.75, 3.05) is 0 Å². The summed E-state index contributed by atoms with van der Waals surface area (Å²) in [6.45, 7) is 2.94. The Balaban J connectivity index is 0.00000200. The summed E-state index contributed by atoms with van der Waals surface area (Å²) in [6.07, 6.45) is 5.46. The summed E-state index contributed by atoms with van der Waals surface area (Å²) in [5.74, 6) is -0.139. The third-order valence-corrected chi connectivity index (χ3v) is 2.80. The fraction of sp³-hybridized carbons (Fsp3) is 0.286. The average molecular weight is 331 g/mol. The van der Waals surface area contributed by atoms with Gasteiger partial charge in [0.2, 0.25) is 5.91 Å². The topological polar surface area (TPSA) is 72.9 Å². The van der Waals surface area contributed by atoms with Crippen molar-refractivity contribution in [3.63, 3.8) is 0 Å². The van der Waals surface area contributed by atoms with Gasteiger partial charge in [-0.05, 0) is 18.1 Å². The SMILES string of the molecule is C[C@@H](N)C(=O)NCc1cccc(Cn2ccnc2)c1.Cl.Cl. The van der Waals surface area contributed by atoms with Crippen molar-refractivity contribution >= 4 is 30.7 Å². The number of aromatic nitrogens is 2. The van der Waals surface area contributed by atoms with Crippen LogP contribution >= 0.6 is 24.8 Å². The third kappa shape index (κ3) is 6.16. The van der Waals surface area contributed by atoms with Gasteiger partial charge in [-0.2, -0.15) is 0 Å². The molecule has 0 fully saturated rings. The first kappa shape index (κ1) is 19.4. The number of benzene rings is 1. The van der Waals surface area contributed by atoms with Gasteiger partial charge >= 0.3 is 0 Å². The van der Waals surface area contributed by atoms with Gasteiger partial charge in [0, 0.05) is 25.5 Å². The Hall–Kier alpha value is -1.56. The molecule has 2 rings (SSSR count). The average Bonchev–Trinajstić information content (AvgIpc) is 2.89. The minimum Gasteiger partial charge on any atom is -0.351 e. The van der Waals surface area contributed by atoms with Gasteiger partial charge in [0.1, 0.15) is 0 Å². The first-order valence-electron chi connectivity index (χ1n) is 6.22. The van der Waals surface area contributed by atoms with Gasteiger partial charge in [-0.25, -0.2) is 4.98 Å². The molecule has 5 nitrogen and oxygen atoms in total. The number of carbonyl (C=O) groups is 1. The number of nitrogens with one attached hydrogen (secondary N) is 1. The Morgan fingerprint density at radius 2 is 2.10 bits per heavy atom. The molecular weight excluding hydrogens is 311 g/mol. The van der Waals surface area contributed by atoms with Crippen molar-refractivity contribution in [1.29, 1.82) is 0 Å². The molecule has 7 heteroatoms. The molecule has 0 spiro atoms. The maximum absolute atomic E-state index is 11.4. The lowest BCUT2D eigenvalue weighted by atomic mass is 10.1. The van der Waals surface area contributed by atoms with Gasteiger partial charge < -0.3 is 15.6 Å². The van der Waals surface area contributed by atoms with Gasteiger partial charge in [0.05, 0.1) is 12.4 Å². The van der Waals surface area contributed by atoms with Crippen LogP contribution in [0.25, 0.3) is 0 Å². The number of nitrogens with two attached hydrogens (primary N) is 1. The van der Waals surface area contributed by atoms with Crippen molar-refractivity contribution in [3.05, 3.63) is 54.1 Å². The van der Waals surface area contributed by atoms with Crippen LogP contribution < -0.4 is 11.1 Å². The molecule has 0 saturated carbocycles. The molecule has 1 heterocycles. The van der Waals surface area contributed by atoms with Crippen LogP contribution in [0.1, 0.15) is 18.1 Å². The molecule has 1 atom stereocenters. The van der Waals surface area contributed by atoms with Crippen LogP contribution in [0.3, 0.4) is 0 Å². The maximum atomic E-state index is 11.4. The summed E-state index contributed by atoms with van der Waals surface area (Å²) in [5.41, 5.74) is 7.73. The molecule has 0 aliphatic rings. The van der Waals surface area contributed by atoms with Crippen LogP contribution in [0, 0.1) is 0 Å². The predicted octanol–water partition coefficient (Wildman–Crippen LogP) is 1.74. The van der Waals surface area contributed by atoms with E-state index < -0.39 is 6.04 Å². The van der Waals surface area contributed by atoms with E-state index in [1.807, 2.05) is 22.9 Å². The van der Waals surface area contributed by atoms with Gasteiger partial charge in [0.25, 0.3) is 0 Å². The largest absolute Gasteiger partial charge is 0.351 e. The minimum atomic E-state index is -0.478. The van der Waals surface area contributed by atoms with E-state index in [9.17, 15) is 4.79 Å². The Kier molecular flexibility index (Phi) is 8.69. The fourth-order valence-corrected chi connectivity index (χ4v) is 1.78. The molecule has 1 aromatic carbocycles. The second-order valence-electron chi connectivity index (χ2n) is 4.56. The third-order valence-electron chi connectivity index (χ3n) is 2.80. The molecule has 2 aromatic rings. The van der Waals surface area contributed by atoms with E-state index in [4.69, 9.17) is 5.73 Å². The van der Waals surface area contributed by atoms with Gasteiger partial charge in [-0.3, -0.25) is 4.79 Å². The van der Waals surface area contributed by atoms with Crippen molar-refractivity contribution < 1.29 is 4.79 Å². The summed E-state index contributed by atoms with van der Waals surface area (Å²) in [4.78, 5) is 15.4. The van der Waals surface area contributed by atoms with E-state index in [1.165, 1.54) is 5.56 Å². The summed E-state index contributed by atoms with van der Waals surface area (Å²) in [6, 6.07) is 7.62. The molecule has 1 amide bonds. The van der Waals surface area contributed by atoms with E-state index in [0.29, 0.717) is 6.54 Å². The molecule has 0 radical (unpaired) electrons. The molecule has 3 N–H and O–H groups in total. The highest BCUT2D eigenvalue weighted by Crippen LogP contribution is 2.07. The quantitative estimate of drug-likeness (QED) is 0.876. The molecule has 0 unspecified atom stereocenters. The van der Waals surface area contributed by atoms with Crippen LogP contribution in [0.2, 0.25) is 0 Å². The highest BCUT2D eigenvalue weighted by molar-refractivity contribution is 5.85. The molecular formula is C14H20Cl2N4O. The summed E-state index contributed by atoms with van der Waals surface area (Å²) in [7, 11) is 0. The number of rotatable bonds is 5. The van der Waals surface area contributed by atoms with Gasteiger partial charge in [0.15, 0.2) is 0 Å². The van der Waals surface area contributed by atoms with Crippen LogP contribution in [-0.2, 0) is 17.9 Å². The zero-order chi connectivity index (χ0) is 13.7. The highest BCUT2D eigenvalue weighted by Gasteiger charge is 2.06. The Labute approximate surface area is 136 Å². The lowest BCUT2D eigenvalue weighted by molar-refractivity contribution is -0.122. The van der Waals surface area contributed by atoms with Crippen LogP contribution in [0.15, 0.2) is 43.0 Å². The van der Waals surface area contributed by atoms with Gasteiger partial charge in [-0.15, -0.1) is 24.8 Å². The van der Waals surface area contributed by atoms with Crippen LogP contribution in [0.4, 0.5) is 0 Å². The number of hydrogen-bond acceptors (Lipinski definition) is 3. The number of carbonyl (C=O) groups excluding carboxylic acids is 1. The fourth-order valence-electron chi connectivity index (χ4n) is 1.78. The molecule has 0 aliphatic heterocycles. The predicted molar refractivity (Wildman–Crippen MR) is 87.8 cm³/mol. The normalized spacial score (nSPS) is 11.0. The highest BCUT2D eigenvalue weighted by atomic mass is 35.5.